The summed E-state index contributed by atoms with van der Waals surface area (Å²) in [5, 5.41) is 1.98. The van der Waals surface area contributed by atoms with E-state index in [0.717, 1.165) is 19.4 Å². The first-order valence-corrected chi connectivity index (χ1v) is 6.75. The van der Waals surface area contributed by atoms with Crippen molar-refractivity contribution in [2.24, 2.45) is 5.92 Å². The lowest BCUT2D eigenvalue weighted by atomic mass is 9.79. The van der Waals surface area contributed by atoms with Crippen molar-refractivity contribution in [2.45, 2.75) is 37.2 Å². The lowest BCUT2D eigenvalue weighted by molar-refractivity contribution is -0.260. The summed E-state index contributed by atoms with van der Waals surface area (Å²) in [6, 6.07) is 0.200. The first-order chi connectivity index (χ1) is 8.80. The van der Waals surface area contributed by atoms with Crippen molar-refractivity contribution < 1.29 is 19.1 Å². The average Bonchev–Trinajstić information content (AvgIpc) is 3.00. The van der Waals surface area contributed by atoms with Crippen LogP contribution in [0.1, 0.15) is 19.3 Å². The highest BCUT2D eigenvalue weighted by molar-refractivity contribution is 5.94. The summed E-state index contributed by atoms with van der Waals surface area (Å²) in [7, 11) is 0. The minimum absolute atomic E-state index is 0.131. The Balaban J connectivity index is 1.72. The van der Waals surface area contributed by atoms with E-state index in [4.69, 9.17) is 14.3 Å². The van der Waals surface area contributed by atoms with Gasteiger partial charge in [-0.1, -0.05) is 6.42 Å². The van der Waals surface area contributed by atoms with E-state index in [1.165, 1.54) is 6.42 Å². The summed E-state index contributed by atoms with van der Waals surface area (Å²) in [5.41, 5.74) is 0. The summed E-state index contributed by atoms with van der Waals surface area (Å²) in [4.78, 5) is 18.2. The fraction of sp³-hybridized carbons (Fsp3) is 0.769. The molecule has 98 valence electrons. The number of allylic oxidation sites excluding steroid dienone is 1. The molecule has 4 rings (SSSR count). The van der Waals surface area contributed by atoms with Crippen LogP contribution in [0.15, 0.2) is 12.2 Å². The molecule has 0 unspecified atom stereocenters. The highest BCUT2D eigenvalue weighted by atomic mass is 16.8. The number of fused-ring (bicyclic) bond motifs is 4. The quantitative estimate of drug-likeness (QED) is 0.632. The van der Waals surface area contributed by atoms with E-state index in [2.05, 4.69) is 0 Å². The molecule has 3 fully saturated rings. The second-order valence-electron chi connectivity index (χ2n) is 5.41. The molecule has 5 heteroatoms. The number of carbonyl (C=O) groups excluding carboxylic acids is 1. The maximum absolute atomic E-state index is 12.2. The molecular formula is C13H17NO4. The Morgan fingerprint density at radius 1 is 1.28 bits per heavy atom. The van der Waals surface area contributed by atoms with Crippen LogP contribution in [0.4, 0.5) is 0 Å². The molecule has 3 heterocycles. The van der Waals surface area contributed by atoms with Crippen LogP contribution in [0.25, 0.3) is 0 Å². The second-order valence-corrected chi connectivity index (χ2v) is 5.41. The Kier molecular flexibility index (Phi) is 2.39. The Hall–Kier alpha value is -0.750. The van der Waals surface area contributed by atoms with Gasteiger partial charge in [-0.05, 0) is 25.0 Å². The molecule has 1 aliphatic carbocycles. The minimum Gasteiger partial charge on any atom is -0.342 e. The van der Waals surface area contributed by atoms with Crippen molar-refractivity contribution in [1.29, 1.82) is 0 Å². The maximum atomic E-state index is 12.2. The smallest absolute Gasteiger partial charge is 0.218 e. The Morgan fingerprint density at radius 3 is 2.94 bits per heavy atom. The molecule has 3 atom stereocenters. The van der Waals surface area contributed by atoms with Gasteiger partial charge in [0.2, 0.25) is 5.79 Å². The van der Waals surface area contributed by atoms with Gasteiger partial charge in [0.1, 0.15) is 6.10 Å². The first kappa shape index (κ1) is 11.1. The van der Waals surface area contributed by atoms with Crippen molar-refractivity contribution >= 4 is 5.78 Å². The van der Waals surface area contributed by atoms with Gasteiger partial charge in [0.25, 0.3) is 0 Å². The van der Waals surface area contributed by atoms with Gasteiger partial charge in [-0.2, -0.15) is 5.06 Å². The molecule has 0 aromatic rings. The van der Waals surface area contributed by atoms with Gasteiger partial charge in [-0.15, -0.1) is 0 Å². The number of piperidine rings is 1. The van der Waals surface area contributed by atoms with E-state index in [1.807, 2.05) is 5.06 Å². The first-order valence-electron chi connectivity index (χ1n) is 6.75. The third-order valence-electron chi connectivity index (χ3n) is 4.43. The maximum Gasteiger partial charge on any atom is 0.218 e. The van der Waals surface area contributed by atoms with E-state index >= 15 is 0 Å². The monoisotopic (exact) mass is 251 g/mol. The van der Waals surface area contributed by atoms with E-state index < -0.39 is 5.79 Å². The van der Waals surface area contributed by atoms with Crippen LogP contribution in [-0.2, 0) is 19.1 Å². The van der Waals surface area contributed by atoms with Crippen LogP contribution in [-0.4, -0.2) is 48.5 Å². The van der Waals surface area contributed by atoms with Gasteiger partial charge in [0, 0.05) is 12.6 Å². The summed E-state index contributed by atoms with van der Waals surface area (Å²) in [6.45, 7) is 2.03. The molecule has 1 spiro atoms. The van der Waals surface area contributed by atoms with Crippen molar-refractivity contribution in [2.75, 3.05) is 19.8 Å². The van der Waals surface area contributed by atoms with E-state index in [-0.39, 0.29) is 23.8 Å². The standard InChI is InChI=1S/C13H17NO4/c15-10-4-5-13(16-7-8-17-13)12-11(10)9-3-1-2-6-14(9)18-12/h4-5,9,11-12H,1-3,6-8H2/t9-,11+,12+/m1/s1. The summed E-state index contributed by atoms with van der Waals surface area (Å²) in [5.74, 6) is -0.803. The molecule has 4 aliphatic rings. The normalized spacial score (nSPS) is 42.2. The zero-order valence-electron chi connectivity index (χ0n) is 10.2. The topological polar surface area (TPSA) is 48.0 Å². The summed E-state index contributed by atoms with van der Waals surface area (Å²) >= 11 is 0. The third-order valence-corrected chi connectivity index (χ3v) is 4.43. The number of hydrogen-bond donors (Lipinski definition) is 0. The number of carbonyl (C=O) groups is 1. The number of hydroxylamine groups is 2. The number of hydrogen-bond acceptors (Lipinski definition) is 5. The fourth-order valence-electron chi connectivity index (χ4n) is 3.61. The summed E-state index contributed by atoms with van der Waals surface area (Å²) in [6.07, 6.45) is 6.37. The van der Waals surface area contributed by atoms with Gasteiger partial charge >= 0.3 is 0 Å². The average molecular weight is 251 g/mol. The molecule has 3 aliphatic heterocycles. The lowest BCUT2D eigenvalue weighted by Gasteiger charge is -2.34. The molecule has 3 saturated heterocycles. The highest BCUT2D eigenvalue weighted by Crippen LogP contribution is 2.45. The van der Waals surface area contributed by atoms with Crippen molar-refractivity contribution in [3.63, 3.8) is 0 Å². The predicted octanol–water partition coefficient (Wildman–Crippen LogP) is 0.653. The second kappa shape index (κ2) is 3.87. The molecular weight excluding hydrogens is 234 g/mol. The van der Waals surface area contributed by atoms with Gasteiger partial charge in [-0.3, -0.25) is 9.63 Å². The molecule has 0 aromatic carbocycles. The molecule has 0 amide bonds. The van der Waals surface area contributed by atoms with Crippen LogP contribution in [0.5, 0.6) is 0 Å². The van der Waals surface area contributed by atoms with Crippen LogP contribution in [0.3, 0.4) is 0 Å². The SMILES string of the molecule is O=C1C=CC2(OCCO2)[C@H]2ON3CCCC[C@@H]3[C@@H]12. The largest absolute Gasteiger partial charge is 0.342 e. The lowest BCUT2D eigenvalue weighted by Crippen LogP contribution is -2.51. The predicted molar refractivity (Wildman–Crippen MR) is 61.5 cm³/mol. The molecule has 0 bridgehead atoms. The number of nitrogens with zero attached hydrogens (tertiary/aromatic N) is 1. The number of ketones is 1. The summed E-state index contributed by atoms with van der Waals surface area (Å²) < 4.78 is 11.5. The Morgan fingerprint density at radius 2 is 2.11 bits per heavy atom. The van der Waals surface area contributed by atoms with Crippen molar-refractivity contribution in [3.05, 3.63) is 12.2 Å². The van der Waals surface area contributed by atoms with Crippen molar-refractivity contribution in [3.8, 4) is 0 Å². The third kappa shape index (κ3) is 1.39. The van der Waals surface area contributed by atoms with Crippen LogP contribution >= 0.6 is 0 Å². The fourth-order valence-corrected chi connectivity index (χ4v) is 3.61. The molecule has 0 N–H and O–H groups in total. The van der Waals surface area contributed by atoms with Crippen LogP contribution in [0, 0.1) is 5.92 Å². The van der Waals surface area contributed by atoms with E-state index in [0.29, 0.717) is 13.2 Å². The van der Waals surface area contributed by atoms with Crippen LogP contribution < -0.4 is 0 Å². The van der Waals surface area contributed by atoms with Crippen molar-refractivity contribution in [1.82, 2.24) is 5.06 Å². The zero-order valence-corrected chi connectivity index (χ0v) is 10.2. The van der Waals surface area contributed by atoms with Gasteiger partial charge in [0.05, 0.1) is 19.1 Å². The zero-order chi connectivity index (χ0) is 12.2. The van der Waals surface area contributed by atoms with Gasteiger partial charge in [0.15, 0.2) is 5.78 Å². The van der Waals surface area contributed by atoms with Gasteiger partial charge < -0.3 is 9.47 Å². The minimum atomic E-state index is -0.823. The molecule has 5 nitrogen and oxygen atoms in total. The van der Waals surface area contributed by atoms with E-state index in [9.17, 15) is 4.79 Å². The molecule has 0 saturated carbocycles. The van der Waals surface area contributed by atoms with Gasteiger partial charge in [-0.25, -0.2) is 0 Å². The highest BCUT2D eigenvalue weighted by Gasteiger charge is 2.60. The van der Waals surface area contributed by atoms with Crippen LogP contribution in [0.2, 0.25) is 0 Å². The Labute approximate surface area is 106 Å². The molecule has 18 heavy (non-hydrogen) atoms. The number of ether oxygens (including phenoxy) is 2. The number of rotatable bonds is 0. The Bertz CT molecular complexity index is 402. The molecule has 0 radical (unpaired) electrons. The molecule has 0 aromatic heterocycles. The van der Waals surface area contributed by atoms with E-state index in [1.54, 1.807) is 12.2 Å².